The van der Waals surface area contributed by atoms with Crippen LogP contribution in [0.3, 0.4) is 0 Å². The predicted molar refractivity (Wildman–Crippen MR) is 73.7 cm³/mol. The number of rotatable bonds is 4. The summed E-state index contributed by atoms with van der Waals surface area (Å²) in [6.07, 6.45) is 0. The van der Waals surface area contributed by atoms with Gasteiger partial charge in [-0.3, -0.25) is 4.79 Å². The Balaban J connectivity index is 2.14. The molecule has 5 heteroatoms. The molecule has 0 aromatic heterocycles. The molecule has 0 aliphatic rings. The van der Waals surface area contributed by atoms with Gasteiger partial charge >= 0.3 is 0 Å². The van der Waals surface area contributed by atoms with Gasteiger partial charge in [-0.1, -0.05) is 29.8 Å². The van der Waals surface area contributed by atoms with E-state index < -0.39 is 11.7 Å². The molecule has 0 radical (unpaired) electrons. The molecular weight excluding hydrogens is 267 g/mol. The van der Waals surface area contributed by atoms with Gasteiger partial charge in [0.15, 0.2) is 0 Å². The van der Waals surface area contributed by atoms with Crippen molar-refractivity contribution in [1.82, 2.24) is 0 Å². The number of benzene rings is 2. The molecule has 0 atom stereocenters. The van der Waals surface area contributed by atoms with Crippen LogP contribution in [0.4, 0.5) is 10.1 Å². The highest BCUT2D eigenvalue weighted by molar-refractivity contribution is 6.31. The summed E-state index contributed by atoms with van der Waals surface area (Å²) in [6, 6.07) is 11.5. The average molecular weight is 279 g/mol. The highest BCUT2D eigenvalue weighted by Crippen LogP contribution is 2.18. The average Bonchev–Trinajstić information content (AvgIpc) is 2.39. The zero-order chi connectivity index (χ0) is 13.8. The second-order valence-corrected chi connectivity index (χ2v) is 4.41. The van der Waals surface area contributed by atoms with E-state index in [1.807, 2.05) is 18.2 Å². The molecule has 19 heavy (non-hydrogen) atoms. The highest BCUT2D eigenvalue weighted by Gasteiger charge is 2.09. The van der Waals surface area contributed by atoms with E-state index in [1.165, 1.54) is 12.1 Å². The molecule has 2 aromatic rings. The van der Waals surface area contributed by atoms with E-state index >= 15 is 0 Å². The van der Waals surface area contributed by atoms with Gasteiger partial charge in [-0.05, 0) is 29.8 Å². The summed E-state index contributed by atoms with van der Waals surface area (Å²) in [4.78, 5) is 11.0. The Morgan fingerprint density at radius 3 is 2.68 bits per heavy atom. The van der Waals surface area contributed by atoms with Gasteiger partial charge in [0, 0.05) is 17.3 Å². The first-order valence-corrected chi connectivity index (χ1v) is 6.02. The van der Waals surface area contributed by atoms with Crippen LogP contribution in [0.25, 0.3) is 0 Å². The van der Waals surface area contributed by atoms with E-state index in [9.17, 15) is 9.18 Å². The Morgan fingerprint density at radius 1 is 1.26 bits per heavy atom. The van der Waals surface area contributed by atoms with Gasteiger partial charge in [0.1, 0.15) is 5.82 Å². The number of hydrogen-bond donors (Lipinski definition) is 2. The Hall–Kier alpha value is -2.07. The molecule has 0 aliphatic heterocycles. The van der Waals surface area contributed by atoms with E-state index in [-0.39, 0.29) is 5.56 Å². The molecule has 0 saturated heterocycles. The van der Waals surface area contributed by atoms with E-state index in [0.717, 1.165) is 5.56 Å². The molecule has 3 N–H and O–H groups in total. The zero-order valence-corrected chi connectivity index (χ0v) is 10.7. The van der Waals surface area contributed by atoms with Crippen molar-refractivity contribution in [2.45, 2.75) is 6.54 Å². The number of hydrogen-bond acceptors (Lipinski definition) is 2. The monoisotopic (exact) mass is 278 g/mol. The number of carbonyl (C=O) groups excluding carboxylic acids is 1. The van der Waals surface area contributed by atoms with Crippen LogP contribution in [-0.4, -0.2) is 5.91 Å². The van der Waals surface area contributed by atoms with Gasteiger partial charge in [-0.25, -0.2) is 4.39 Å². The van der Waals surface area contributed by atoms with Crippen LogP contribution in [0.1, 0.15) is 15.9 Å². The largest absolute Gasteiger partial charge is 0.381 e. The Labute approximate surface area is 115 Å². The maximum Gasteiger partial charge on any atom is 0.251 e. The number of anilines is 1. The first kappa shape index (κ1) is 13.4. The molecule has 2 aromatic carbocycles. The lowest BCUT2D eigenvalue weighted by Gasteiger charge is -2.09. The third-order valence-electron chi connectivity index (χ3n) is 2.67. The van der Waals surface area contributed by atoms with Crippen molar-refractivity contribution in [1.29, 1.82) is 0 Å². The van der Waals surface area contributed by atoms with Gasteiger partial charge in [-0.15, -0.1) is 0 Å². The molecule has 3 nitrogen and oxygen atoms in total. The van der Waals surface area contributed by atoms with Crippen molar-refractivity contribution >= 4 is 23.2 Å². The van der Waals surface area contributed by atoms with Crippen molar-refractivity contribution in [3.05, 3.63) is 64.4 Å². The summed E-state index contributed by atoms with van der Waals surface area (Å²) in [5.74, 6) is -1.42. The Morgan fingerprint density at radius 2 is 2.00 bits per heavy atom. The molecule has 1 amide bonds. The van der Waals surface area contributed by atoms with Crippen LogP contribution in [0.15, 0.2) is 42.5 Å². The summed E-state index contributed by atoms with van der Waals surface area (Å²) in [5, 5.41) is 3.71. The number of nitrogens with one attached hydrogen (secondary N) is 1. The maximum absolute atomic E-state index is 13.3. The summed E-state index contributed by atoms with van der Waals surface area (Å²) < 4.78 is 13.3. The van der Waals surface area contributed by atoms with Crippen molar-refractivity contribution in [3.63, 3.8) is 0 Å². The fraction of sp³-hybridized carbons (Fsp3) is 0.0714. The number of carbonyl (C=O) groups is 1. The standard InChI is InChI=1S/C14H12ClFN2O/c15-12-4-2-1-3-9(12)8-18-10-5-6-13(16)11(7-10)14(17)19/h1-7,18H,8H2,(H2,17,19). The molecular formula is C14H12ClFN2O. The predicted octanol–water partition coefficient (Wildman–Crippen LogP) is 3.19. The summed E-state index contributed by atoms with van der Waals surface area (Å²) >= 11 is 6.02. The first-order valence-electron chi connectivity index (χ1n) is 5.64. The molecule has 2 rings (SSSR count). The molecule has 0 saturated carbocycles. The Bertz CT molecular complexity index is 616. The number of halogens is 2. The van der Waals surface area contributed by atoms with E-state index in [0.29, 0.717) is 17.3 Å². The van der Waals surface area contributed by atoms with Crippen LogP contribution in [0.5, 0.6) is 0 Å². The molecule has 0 bridgehead atoms. The number of primary amides is 1. The van der Waals surface area contributed by atoms with Gasteiger partial charge in [-0.2, -0.15) is 0 Å². The van der Waals surface area contributed by atoms with Crippen LogP contribution in [0.2, 0.25) is 5.02 Å². The van der Waals surface area contributed by atoms with E-state index in [4.69, 9.17) is 17.3 Å². The lowest BCUT2D eigenvalue weighted by Crippen LogP contribution is -2.13. The van der Waals surface area contributed by atoms with Crippen LogP contribution in [-0.2, 0) is 6.54 Å². The molecule has 0 heterocycles. The van der Waals surface area contributed by atoms with Crippen LogP contribution in [0, 0.1) is 5.82 Å². The quantitative estimate of drug-likeness (QED) is 0.902. The zero-order valence-electron chi connectivity index (χ0n) is 9.99. The minimum Gasteiger partial charge on any atom is -0.381 e. The van der Waals surface area contributed by atoms with Gasteiger partial charge in [0.05, 0.1) is 5.56 Å². The minimum atomic E-state index is -0.793. The smallest absolute Gasteiger partial charge is 0.251 e. The maximum atomic E-state index is 13.3. The van der Waals surface area contributed by atoms with Crippen molar-refractivity contribution in [3.8, 4) is 0 Å². The number of nitrogens with two attached hydrogens (primary N) is 1. The Kier molecular flexibility index (Phi) is 4.02. The van der Waals surface area contributed by atoms with Crippen molar-refractivity contribution in [2.24, 2.45) is 5.73 Å². The summed E-state index contributed by atoms with van der Waals surface area (Å²) in [7, 11) is 0. The third-order valence-corrected chi connectivity index (χ3v) is 3.04. The van der Waals surface area contributed by atoms with Gasteiger partial charge in [0.25, 0.3) is 5.91 Å². The van der Waals surface area contributed by atoms with E-state index in [2.05, 4.69) is 5.32 Å². The van der Waals surface area contributed by atoms with Crippen LogP contribution >= 0.6 is 11.6 Å². The second-order valence-electron chi connectivity index (χ2n) is 4.00. The SMILES string of the molecule is NC(=O)c1cc(NCc2ccccc2Cl)ccc1F. The minimum absolute atomic E-state index is 0.135. The second kappa shape index (κ2) is 5.71. The van der Waals surface area contributed by atoms with Gasteiger partial charge in [0.2, 0.25) is 0 Å². The first-order chi connectivity index (χ1) is 9.08. The summed E-state index contributed by atoms with van der Waals surface area (Å²) in [6.45, 7) is 0.476. The van der Waals surface area contributed by atoms with Crippen LogP contribution < -0.4 is 11.1 Å². The van der Waals surface area contributed by atoms with Crippen molar-refractivity contribution < 1.29 is 9.18 Å². The highest BCUT2D eigenvalue weighted by atomic mass is 35.5. The normalized spacial score (nSPS) is 10.2. The molecule has 0 aliphatic carbocycles. The fourth-order valence-corrected chi connectivity index (χ4v) is 1.87. The molecule has 0 spiro atoms. The number of amides is 1. The lowest BCUT2D eigenvalue weighted by molar-refractivity contribution is 0.0996. The molecule has 0 fully saturated rings. The van der Waals surface area contributed by atoms with Crippen molar-refractivity contribution in [2.75, 3.05) is 5.32 Å². The molecule has 98 valence electrons. The van der Waals surface area contributed by atoms with E-state index in [1.54, 1.807) is 12.1 Å². The topological polar surface area (TPSA) is 55.1 Å². The summed E-state index contributed by atoms with van der Waals surface area (Å²) in [5.41, 5.74) is 6.47. The fourth-order valence-electron chi connectivity index (χ4n) is 1.66. The lowest BCUT2D eigenvalue weighted by atomic mass is 10.1. The van der Waals surface area contributed by atoms with Gasteiger partial charge < -0.3 is 11.1 Å². The molecule has 0 unspecified atom stereocenters. The third kappa shape index (κ3) is 3.23.